The van der Waals surface area contributed by atoms with Gasteiger partial charge in [-0.15, -0.1) is 0 Å². The van der Waals surface area contributed by atoms with Gasteiger partial charge in [0, 0.05) is 19.3 Å². The standard InChI is InChI=1S/C13H14F2N4O2/c1-19-8-9(7-17-19)18-13(20)16-4-5-21-10-2-3-11(14)12(15)6-10/h2-3,6-8H,4-5H2,1H3,(H2,16,18,20). The second kappa shape index (κ2) is 6.69. The number of hydrogen-bond acceptors (Lipinski definition) is 3. The van der Waals surface area contributed by atoms with Crippen molar-refractivity contribution in [2.45, 2.75) is 0 Å². The van der Waals surface area contributed by atoms with Gasteiger partial charge >= 0.3 is 6.03 Å². The van der Waals surface area contributed by atoms with Gasteiger partial charge in [-0.05, 0) is 12.1 Å². The number of halogens is 2. The zero-order valence-corrected chi connectivity index (χ0v) is 11.3. The molecule has 0 fully saturated rings. The average Bonchev–Trinajstić information content (AvgIpc) is 2.84. The quantitative estimate of drug-likeness (QED) is 0.828. The number of urea groups is 1. The molecule has 0 saturated carbocycles. The smallest absolute Gasteiger partial charge is 0.319 e. The Morgan fingerprint density at radius 2 is 2.19 bits per heavy atom. The Morgan fingerprint density at radius 1 is 1.38 bits per heavy atom. The van der Waals surface area contributed by atoms with E-state index >= 15 is 0 Å². The van der Waals surface area contributed by atoms with Crippen LogP contribution in [0.2, 0.25) is 0 Å². The SMILES string of the molecule is Cn1cc(NC(=O)NCCOc2ccc(F)c(F)c2)cn1. The van der Waals surface area contributed by atoms with Crippen LogP contribution in [0.1, 0.15) is 0 Å². The van der Waals surface area contributed by atoms with Crippen molar-refractivity contribution in [2.75, 3.05) is 18.5 Å². The van der Waals surface area contributed by atoms with Crippen LogP contribution < -0.4 is 15.4 Å². The van der Waals surface area contributed by atoms with Crippen LogP contribution in [0.5, 0.6) is 5.75 Å². The molecule has 1 aromatic carbocycles. The van der Waals surface area contributed by atoms with Gasteiger partial charge in [-0.1, -0.05) is 0 Å². The number of ether oxygens (including phenoxy) is 1. The number of carbonyl (C=O) groups excluding carboxylic acids is 1. The number of carbonyl (C=O) groups is 1. The summed E-state index contributed by atoms with van der Waals surface area (Å²) in [5, 5.41) is 9.04. The first kappa shape index (κ1) is 14.8. The van der Waals surface area contributed by atoms with E-state index in [4.69, 9.17) is 4.74 Å². The zero-order chi connectivity index (χ0) is 15.2. The van der Waals surface area contributed by atoms with Crippen molar-refractivity contribution in [2.24, 2.45) is 7.05 Å². The molecule has 0 unspecified atom stereocenters. The van der Waals surface area contributed by atoms with Gasteiger partial charge in [-0.25, -0.2) is 13.6 Å². The molecule has 2 amide bonds. The summed E-state index contributed by atoms with van der Waals surface area (Å²) in [4.78, 5) is 11.5. The molecule has 1 aromatic heterocycles. The summed E-state index contributed by atoms with van der Waals surface area (Å²) in [5.74, 6) is -1.71. The third-order valence-electron chi connectivity index (χ3n) is 2.51. The Balaban J connectivity index is 1.69. The Hall–Kier alpha value is -2.64. The zero-order valence-electron chi connectivity index (χ0n) is 11.3. The lowest BCUT2D eigenvalue weighted by Gasteiger charge is -2.08. The van der Waals surface area contributed by atoms with E-state index in [-0.39, 0.29) is 18.9 Å². The fourth-order valence-electron chi connectivity index (χ4n) is 1.56. The molecule has 6 nitrogen and oxygen atoms in total. The first-order valence-electron chi connectivity index (χ1n) is 6.16. The van der Waals surface area contributed by atoms with E-state index < -0.39 is 17.7 Å². The predicted molar refractivity (Wildman–Crippen MR) is 72.1 cm³/mol. The van der Waals surface area contributed by atoms with E-state index in [1.54, 1.807) is 17.9 Å². The summed E-state index contributed by atoms with van der Waals surface area (Å²) in [6.45, 7) is 0.344. The van der Waals surface area contributed by atoms with Gasteiger partial charge in [0.25, 0.3) is 0 Å². The number of anilines is 1. The van der Waals surface area contributed by atoms with Crippen molar-refractivity contribution < 1.29 is 18.3 Å². The molecule has 8 heteroatoms. The first-order valence-corrected chi connectivity index (χ1v) is 6.16. The maximum absolute atomic E-state index is 12.9. The summed E-state index contributed by atoms with van der Waals surface area (Å²) >= 11 is 0. The van der Waals surface area contributed by atoms with E-state index in [1.165, 1.54) is 12.3 Å². The number of rotatable bonds is 5. The first-order chi connectivity index (χ1) is 10.0. The van der Waals surface area contributed by atoms with Crippen molar-refractivity contribution in [3.8, 4) is 5.75 Å². The Bertz CT molecular complexity index is 630. The molecule has 0 saturated heterocycles. The maximum atomic E-state index is 12.9. The summed E-state index contributed by atoms with van der Waals surface area (Å²) in [5.41, 5.74) is 0.566. The van der Waals surface area contributed by atoms with Crippen molar-refractivity contribution in [3.63, 3.8) is 0 Å². The molecule has 0 atom stereocenters. The molecule has 21 heavy (non-hydrogen) atoms. The second-order valence-corrected chi connectivity index (χ2v) is 4.21. The van der Waals surface area contributed by atoms with E-state index in [0.29, 0.717) is 5.69 Å². The minimum absolute atomic E-state index is 0.130. The minimum Gasteiger partial charge on any atom is -0.492 e. The Morgan fingerprint density at radius 3 is 2.86 bits per heavy atom. The normalized spacial score (nSPS) is 10.2. The monoisotopic (exact) mass is 296 g/mol. The highest BCUT2D eigenvalue weighted by atomic mass is 19.2. The molecule has 2 rings (SSSR count). The fourth-order valence-corrected chi connectivity index (χ4v) is 1.56. The van der Waals surface area contributed by atoms with Gasteiger partial charge in [0.1, 0.15) is 12.4 Å². The fraction of sp³-hybridized carbons (Fsp3) is 0.231. The summed E-state index contributed by atoms with van der Waals surface area (Å²) in [7, 11) is 1.73. The third-order valence-corrected chi connectivity index (χ3v) is 2.51. The summed E-state index contributed by atoms with van der Waals surface area (Å²) < 4.78 is 32.4. The van der Waals surface area contributed by atoms with Gasteiger partial charge in [0.15, 0.2) is 11.6 Å². The van der Waals surface area contributed by atoms with Crippen LogP contribution in [0, 0.1) is 11.6 Å². The highest BCUT2D eigenvalue weighted by molar-refractivity contribution is 5.88. The number of hydrogen-bond donors (Lipinski definition) is 2. The van der Waals surface area contributed by atoms with Crippen molar-refractivity contribution in [3.05, 3.63) is 42.2 Å². The van der Waals surface area contributed by atoms with Crippen molar-refractivity contribution >= 4 is 11.7 Å². The van der Waals surface area contributed by atoms with Gasteiger partial charge < -0.3 is 15.4 Å². The highest BCUT2D eigenvalue weighted by Gasteiger charge is 2.04. The largest absolute Gasteiger partial charge is 0.492 e. The number of amides is 2. The van der Waals surface area contributed by atoms with Gasteiger partial charge in [-0.2, -0.15) is 5.10 Å². The topological polar surface area (TPSA) is 68.2 Å². The van der Waals surface area contributed by atoms with Crippen molar-refractivity contribution in [1.82, 2.24) is 15.1 Å². The lowest BCUT2D eigenvalue weighted by Crippen LogP contribution is -2.32. The third kappa shape index (κ3) is 4.44. The summed E-state index contributed by atoms with van der Waals surface area (Å²) in [6.07, 6.45) is 3.16. The van der Waals surface area contributed by atoms with E-state index in [9.17, 15) is 13.6 Å². The van der Waals surface area contributed by atoms with Gasteiger partial charge in [0.05, 0.1) is 18.4 Å². The molecule has 0 bridgehead atoms. The number of nitrogens with zero attached hydrogens (tertiary/aromatic N) is 2. The molecule has 0 spiro atoms. The predicted octanol–water partition coefficient (Wildman–Crippen LogP) is 1.90. The lowest BCUT2D eigenvalue weighted by atomic mass is 10.3. The number of benzene rings is 1. The van der Waals surface area contributed by atoms with Crippen LogP contribution >= 0.6 is 0 Å². The van der Waals surface area contributed by atoms with Gasteiger partial charge in [0.2, 0.25) is 0 Å². The van der Waals surface area contributed by atoms with E-state index in [1.807, 2.05) is 0 Å². The molecular weight excluding hydrogens is 282 g/mol. The highest BCUT2D eigenvalue weighted by Crippen LogP contribution is 2.14. The number of aromatic nitrogens is 2. The van der Waals surface area contributed by atoms with E-state index in [0.717, 1.165) is 12.1 Å². The number of aryl methyl sites for hydroxylation is 1. The Kier molecular flexibility index (Phi) is 4.70. The van der Waals surface area contributed by atoms with E-state index in [2.05, 4.69) is 15.7 Å². The molecule has 2 N–H and O–H groups in total. The minimum atomic E-state index is -0.977. The van der Waals surface area contributed by atoms with Crippen LogP contribution in [-0.2, 0) is 7.05 Å². The Labute approximate surface area is 119 Å². The molecule has 2 aromatic rings. The second-order valence-electron chi connectivity index (χ2n) is 4.21. The molecule has 112 valence electrons. The van der Waals surface area contributed by atoms with Crippen molar-refractivity contribution in [1.29, 1.82) is 0 Å². The summed E-state index contributed by atoms with van der Waals surface area (Å²) in [6, 6.07) is 2.84. The molecule has 0 radical (unpaired) electrons. The average molecular weight is 296 g/mol. The molecular formula is C13H14F2N4O2. The van der Waals surface area contributed by atoms with Crippen LogP contribution in [0.15, 0.2) is 30.6 Å². The van der Waals surface area contributed by atoms with Crippen LogP contribution in [-0.4, -0.2) is 29.0 Å². The molecule has 0 aliphatic rings. The molecule has 0 aliphatic carbocycles. The van der Waals surface area contributed by atoms with Crippen LogP contribution in [0.4, 0.5) is 19.3 Å². The lowest BCUT2D eigenvalue weighted by molar-refractivity contribution is 0.247. The molecule has 1 heterocycles. The van der Waals surface area contributed by atoms with Gasteiger partial charge in [-0.3, -0.25) is 4.68 Å². The maximum Gasteiger partial charge on any atom is 0.319 e. The van der Waals surface area contributed by atoms with Crippen LogP contribution in [0.3, 0.4) is 0 Å². The molecule has 0 aliphatic heterocycles. The number of nitrogens with one attached hydrogen (secondary N) is 2. The van der Waals surface area contributed by atoms with Crippen LogP contribution in [0.25, 0.3) is 0 Å².